The van der Waals surface area contributed by atoms with E-state index in [0.29, 0.717) is 0 Å². The molecular formula is C25H51N. The van der Waals surface area contributed by atoms with Gasteiger partial charge >= 0.3 is 0 Å². The van der Waals surface area contributed by atoms with Crippen molar-refractivity contribution in [2.24, 2.45) is 5.73 Å². The summed E-state index contributed by atoms with van der Waals surface area (Å²) in [5, 5.41) is 0. The average Bonchev–Trinajstić information content (AvgIpc) is 2.62. The van der Waals surface area contributed by atoms with E-state index in [2.05, 4.69) is 13.5 Å². The molecule has 0 aliphatic rings. The van der Waals surface area contributed by atoms with Crippen LogP contribution in [0.5, 0.6) is 0 Å². The molecule has 0 aromatic heterocycles. The molecule has 0 unspecified atom stereocenters. The van der Waals surface area contributed by atoms with Gasteiger partial charge in [-0.05, 0) is 12.8 Å². The monoisotopic (exact) mass is 365 g/mol. The molecule has 0 aliphatic heterocycles. The molecule has 1 heteroatoms. The third-order valence-corrected chi connectivity index (χ3v) is 5.60. The van der Waals surface area contributed by atoms with Crippen LogP contribution in [-0.2, 0) is 0 Å². The summed E-state index contributed by atoms with van der Waals surface area (Å²) in [6.45, 7) is 6.05. The van der Waals surface area contributed by atoms with E-state index in [1.54, 1.807) is 0 Å². The van der Waals surface area contributed by atoms with Crippen molar-refractivity contribution in [2.45, 2.75) is 148 Å². The van der Waals surface area contributed by atoms with Crippen LogP contribution in [0.4, 0.5) is 0 Å². The lowest BCUT2D eigenvalue weighted by Crippen LogP contribution is -1.93. The SMILES string of the molecule is C=C(N)CCCCCCCCCCCCCCCCCCCCCCC. The molecule has 0 atom stereocenters. The van der Waals surface area contributed by atoms with Gasteiger partial charge in [0.15, 0.2) is 0 Å². The molecule has 0 saturated carbocycles. The first-order valence-electron chi connectivity index (χ1n) is 12.2. The largest absolute Gasteiger partial charge is 0.403 e. The Labute approximate surface area is 166 Å². The molecule has 0 aromatic rings. The van der Waals surface area contributed by atoms with Gasteiger partial charge in [0, 0.05) is 5.70 Å². The van der Waals surface area contributed by atoms with E-state index in [1.165, 1.54) is 135 Å². The summed E-state index contributed by atoms with van der Waals surface area (Å²) in [6, 6.07) is 0. The highest BCUT2D eigenvalue weighted by molar-refractivity contribution is 4.84. The number of hydrogen-bond acceptors (Lipinski definition) is 1. The van der Waals surface area contributed by atoms with E-state index in [9.17, 15) is 0 Å². The summed E-state index contributed by atoms with van der Waals surface area (Å²) in [5.41, 5.74) is 6.43. The second-order valence-corrected chi connectivity index (χ2v) is 8.48. The number of nitrogens with two attached hydrogens (primary N) is 1. The lowest BCUT2D eigenvalue weighted by atomic mass is 10.0. The van der Waals surface area contributed by atoms with Crippen LogP contribution in [0.1, 0.15) is 148 Å². The van der Waals surface area contributed by atoms with Crippen LogP contribution in [0.2, 0.25) is 0 Å². The molecule has 0 bridgehead atoms. The molecule has 0 heterocycles. The highest BCUT2D eigenvalue weighted by atomic mass is 14.5. The first-order chi connectivity index (χ1) is 12.8. The minimum Gasteiger partial charge on any atom is -0.403 e. The van der Waals surface area contributed by atoms with Crippen molar-refractivity contribution >= 4 is 0 Å². The van der Waals surface area contributed by atoms with Crippen molar-refractivity contribution in [3.05, 3.63) is 12.3 Å². The van der Waals surface area contributed by atoms with E-state index in [-0.39, 0.29) is 0 Å². The fourth-order valence-corrected chi connectivity index (χ4v) is 3.78. The second kappa shape index (κ2) is 22.6. The van der Waals surface area contributed by atoms with Gasteiger partial charge in [-0.2, -0.15) is 0 Å². The smallest absolute Gasteiger partial charge is 0.000744 e. The standard InChI is InChI=1S/C25H51N/c1-3-4-5-6-7-8-9-10-11-12-13-14-15-16-17-18-19-20-21-22-23-24-25(2)26/h2-24,26H2,1H3. The molecule has 156 valence electrons. The summed E-state index contributed by atoms with van der Waals surface area (Å²) in [5.74, 6) is 0. The molecule has 0 rings (SSSR count). The van der Waals surface area contributed by atoms with E-state index in [1.807, 2.05) is 0 Å². The van der Waals surface area contributed by atoms with Gasteiger partial charge in [0.05, 0.1) is 0 Å². The second-order valence-electron chi connectivity index (χ2n) is 8.48. The van der Waals surface area contributed by atoms with Crippen LogP contribution in [-0.4, -0.2) is 0 Å². The molecule has 26 heavy (non-hydrogen) atoms. The van der Waals surface area contributed by atoms with E-state index >= 15 is 0 Å². The highest BCUT2D eigenvalue weighted by Gasteiger charge is 1.95. The van der Waals surface area contributed by atoms with Gasteiger partial charge in [0.2, 0.25) is 0 Å². The van der Waals surface area contributed by atoms with Gasteiger partial charge in [0.25, 0.3) is 0 Å². The van der Waals surface area contributed by atoms with Crippen LogP contribution in [0.3, 0.4) is 0 Å². The Kier molecular flexibility index (Phi) is 22.2. The van der Waals surface area contributed by atoms with Crippen LogP contribution in [0.15, 0.2) is 12.3 Å². The van der Waals surface area contributed by atoms with E-state index < -0.39 is 0 Å². The minimum absolute atomic E-state index is 0.850. The van der Waals surface area contributed by atoms with Crippen molar-refractivity contribution in [3.63, 3.8) is 0 Å². The van der Waals surface area contributed by atoms with E-state index in [0.717, 1.165) is 12.1 Å². The topological polar surface area (TPSA) is 26.0 Å². The molecular weight excluding hydrogens is 314 g/mol. The summed E-state index contributed by atoms with van der Waals surface area (Å²) in [4.78, 5) is 0. The van der Waals surface area contributed by atoms with Crippen LogP contribution in [0.25, 0.3) is 0 Å². The van der Waals surface area contributed by atoms with E-state index in [4.69, 9.17) is 5.73 Å². The first-order valence-corrected chi connectivity index (χ1v) is 12.2. The van der Waals surface area contributed by atoms with Crippen molar-refractivity contribution in [3.8, 4) is 0 Å². The van der Waals surface area contributed by atoms with Crippen molar-refractivity contribution in [1.82, 2.24) is 0 Å². The summed E-state index contributed by atoms with van der Waals surface area (Å²) < 4.78 is 0. The maximum Gasteiger partial charge on any atom is 0.000744 e. The zero-order chi connectivity index (χ0) is 19.1. The Morgan fingerprint density at radius 2 is 0.692 bits per heavy atom. The van der Waals surface area contributed by atoms with Gasteiger partial charge < -0.3 is 5.73 Å². The lowest BCUT2D eigenvalue weighted by Gasteiger charge is -2.04. The summed E-state index contributed by atoms with van der Waals surface area (Å²) in [7, 11) is 0. The fourth-order valence-electron chi connectivity index (χ4n) is 3.78. The summed E-state index contributed by atoms with van der Waals surface area (Å²) in [6.07, 6.45) is 31.2. The molecule has 0 spiro atoms. The predicted molar refractivity (Wildman–Crippen MR) is 121 cm³/mol. The zero-order valence-corrected chi connectivity index (χ0v) is 18.3. The predicted octanol–water partition coefficient (Wildman–Crippen LogP) is 9.06. The Hall–Kier alpha value is -0.460. The van der Waals surface area contributed by atoms with Crippen molar-refractivity contribution in [2.75, 3.05) is 0 Å². The molecule has 2 N–H and O–H groups in total. The molecule has 0 amide bonds. The Balaban J connectivity index is 2.98. The van der Waals surface area contributed by atoms with Gasteiger partial charge in [-0.15, -0.1) is 0 Å². The normalized spacial score (nSPS) is 11.1. The number of allylic oxidation sites excluding steroid dienone is 1. The van der Waals surface area contributed by atoms with Crippen LogP contribution >= 0.6 is 0 Å². The van der Waals surface area contributed by atoms with Crippen LogP contribution < -0.4 is 5.73 Å². The summed E-state index contributed by atoms with van der Waals surface area (Å²) >= 11 is 0. The zero-order valence-electron chi connectivity index (χ0n) is 18.3. The Morgan fingerprint density at radius 3 is 0.923 bits per heavy atom. The van der Waals surface area contributed by atoms with Gasteiger partial charge in [0.1, 0.15) is 0 Å². The molecule has 0 aliphatic carbocycles. The number of unbranched alkanes of at least 4 members (excludes halogenated alkanes) is 20. The first kappa shape index (κ1) is 25.5. The quantitative estimate of drug-likeness (QED) is 0.190. The lowest BCUT2D eigenvalue weighted by molar-refractivity contribution is 0.520. The average molecular weight is 366 g/mol. The Bertz CT molecular complexity index is 271. The van der Waals surface area contributed by atoms with Crippen molar-refractivity contribution in [1.29, 1.82) is 0 Å². The third-order valence-electron chi connectivity index (χ3n) is 5.60. The van der Waals surface area contributed by atoms with Gasteiger partial charge in [-0.25, -0.2) is 0 Å². The van der Waals surface area contributed by atoms with Gasteiger partial charge in [-0.3, -0.25) is 0 Å². The van der Waals surface area contributed by atoms with Crippen molar-refractivity contribution < 1.29 is 0 Å². The Morgan fingerprint density at radius 1 is 0.462 bits per heavy atom. The third kappa shape index (κ3) is 23.5. The molecule has 0 fully saturated rings. The molecule has 1 nitrogen and oxygen atoms in total. The minimum atomic E-state index is 0.850. The fraction of sp³-hybridized carbons (Fsp3) is 0.920. The molecule has 0 saturated heterocycles. The number of hydrogen-bond donors (Lipinski definition) is 1. The van der Waals surface area contributed by atoms with Gasteiger partial charge in [-0.1, -0.05) is 142 Å². The van der Waals surface area contributed by atoms with Crippen LogP contribution in [0, 0.1) is 0 Å². The maximum absolute atomic E-state index is 5.58. The highest BCUT2D eigenvalue weighted by Crippen LogP contribution is 2.15. The molecule has 0 aromatic carbocycles. The number of rotatable bonds is 22. The maximum atomic E-state index is 5.58. The molecule has 0 radical (unpaired) electrons.